The van der Waals surface area contributed by atoms with E-state index in [2.05, 4.69) is 15.3 Å². The first-order valence-corrected chi connectivity index (χ1v) is 5.84. The minimum absolute atomic E-state index is 0.116. The Bertz CT molecular complexity index is 528. The molecule has 1 aromatic rings. The molecule has 1 N–H and O–H groups in total. The van der Waals surface area contributed by atoms with Gasteiger partial charge in [0.25, 0.3) is 0 Å². The van der Waals surface area contributed by atoms with Crippen molar-refractivity contribution < 1.29 is 17.9 Å². The second-order valence-electron chi connectivity index (χ2n) is 4.12. The standard InChI is InChI=1S/C11H12F3N5O/c1-16-10-17-8(11(12,13)14)4-9(18-10)19-2-3-20-7(5-15)6-19/h4,7H,2-3,6H2,1H3,(H,16,17,18). The molecule has 9 heteroatoms. The zero-order valence-electron chi connectivity index (χ0n) is 10.6. The second kappa shape index (κ2) is 5.50. The molecule has 1 aromatic heterocycles. The summed E-state index contributed by atoms with van der Waals surface area (Å²) in [5, 5.41) is 11.3. The van der Waals surface area contributed by atoms with E-state index < -0.39 is 18.0 Å². The summed E-state index contributed by atoms with van der Waals surface area (Å²) < 4.78 is 43.5. The van der Waals surface area contributed by atoms with Gasteiger partial charge in [0.05, 0.1) is 19.2 Å². The van der Waals surface area contributed by atoms with Gasteiger partial charge in [-0.05, 0) is 0 Å². The molecule has 2 heterocycles. The molecule has 20 heavy (non-hydrogen) atoms. The average Bonchev–Trinajstić information content (AvgIpc) is 2.46. The van der Waals surface area contributed by atoms with Gasteiger partial charge >= 0.3 is 6.18 Å². The van der Waals surface area contributed by atoms with Gasteiger partial charge in [-0.3, -0.25) is 0 Å². The molecular formula is C11H12F3N5O. The van der Waals surface area contributed by atoms with Crippen LogP contribution in [0.25, 0.3) is 0 Å². The van der Waals surface area contributed by atoms with E-state index in [1.165, 1.54) is 7.05 Å². The maximum atomic E-state index is 12.8. The Hall–Kier alpha value is -2.08. The van der Waals surface area contributed by atoms with E-state index in [0.29, 0.717) is 6.54 Å². The van der Waals surface area contributed by atoms with E-state index >= 15 is 0 Å². The highest BCUT2D eigenvalue weighted by atomic mass is 19.4. The summed E-state index contributed by atoms with van der Waals surface area (Å²) >= 11 is 0. The molecule has 1 aliphatic heterocycles. The Morgan fingerprint density at radius 1 is 1.50 bits per heavy atom. The van der Waals surface area contributed by atoms with Crippen LogP contribution in [0.2, 0.25) is 0 Å². The van der Waals surface area contributed by atoms with Gasteiger partial charge in [-0.1, -0.05) is 0 Å². The van der Waals surface area contributed by atoms with Crippen LogP contribution in [0, 0.1) is 11.3 Å². The average molecular weight is 287 g/mol. The largest absolute Gasteiger partial charge is 0.433 e. The molecule has 2 rings (SSSR count). The van der Waals surface area contributed by atoms with Crippen molar-refractivity contribution in [3.05, 3.63) is 11.8 Å². The number of nitriles is 1. The van der Waals surface area contributed by atoms with E-state index in [1.54, 1.807) is 4.90 Å². The van der Waals surface area contributed by atoms with Crippen molar-refractivity contribution in [2.75, 3.05) is 37.0 Å². The van der Waals surface area contributed by atoms with Gasteiger partial charge in [0, 0.05) is 19.7 Å². The van der Waals surface area contributed by atoms with Crippen molar-refractivity contribution >= 4 is 11.8 Å². The normalized spacial score (nSPS) is 19.6. The predicted molar refractivity (Wildman–Crippen MR) is 64.1 cm³/mol. The lowest BCUT2D eigenvalue weighted by Crippen LogP contribution is -2.42. The maximum Gasteiger partial charge on any atom is 0.433 e. The quantitative estimate of drug-likeness (QED) is 0.883. The number of halogens is 3. The first-order valence-electron chi connectivity index (χ1n) is 5.84. The zero-order valence-corrected chi connectivity index (χ0v) is 10.6. The van der Waals surface area contributed by atoms with Crippen LogP contribution in [0.3, 0.4) is 0 Å². The molecule has 0 amide bonds. The number of morpholine rings is 1. The second-order valence-corrected chi connectivity index (χ2v) is 4.12. The fourth-order valence-electron chi connectivity index (χ4n) is 1.79. The van der Waals surface area contributed by atoms with Crippen molar-refractivity contribution in [3.8, 4) is 6.07 Å². The highest BCUT2D eigenvalue weighted by molar-refractivity contribution is 5.46. The van der Waals surface area contributed by atoms with E-state index in [9.17, 15) is 13.2 Å². The molecule has 0 aliphatic carbocycles. The smallest absolute Gasteiger partial charge is 0.360 e. The Morgan fingerprint density at radius 3 is 2.85 bits per heavy atom. The number of hydrogen-bond donors (Lipinski definition) is 1. The number of nitrogens with zero attached hydrogens (tertiary/aromatic N) is 4. The summed E-state index contributed by atoms with van der Waals surface area (Å²) in [5.41, 5.74) is -1.02. The number of nitrogens with one attached hydrogen (secondary N) is 1. The molecule has 6 nitrogen and oxygen atoms in total. The Labute approximate surface area is 113 Å². The number of aromatic nitrogens is 2. The third-order valence-corrected chi connectivity index (χ3v) is 2.76. The van der Waals surface area contributed by atoms with E-state index in [0.717, 1.165) is 6.07 Å². The van der Waals surface area contributed by atoms with Crippen LogP contribution < -0.4 is 10.2 Å². The Morgan fingerprint density at radius 2 is 2.25 bits per heavy atom. The first-order chi connectivity index (χ1) is 9.44. The lowest BCUT2D eigenvalue weighted by Gasteiger charge is -2.31. The van der Waals surface area contributed by atoms with Crippen molar-refractivity contribution in [2.24, 2.45) is 0 Å². The lowest BCUT2D eigenvalue weighted by molar-refractivity contribution is -0.141. The summed E-state index contributed by atoms with van der Waals surface area (Å²) in [5.74, 6) is 0.00931. The molecule has 1 aliphatic rings. The molecule has 1 unspecified atom stereocenters. The van der Waals surface area contributed by atoms with Gasteiger partial charge in [0.15, 0.2) is 11.8 Å². The minimum atomic E-state index is -4.55. The molecular weight excluding hydrogens is 275 g/mol. The van der Waals surface area contributed by atoms with Crippen LogP contribution in [0.1, 0.15) is 5.69 Å². The number of anilines is 2. The first kappa shape index (κ1) is 14.3. The SMILES string of the molecule is CNc1nc(N2CCOC(C#N)C2)cc(C(F)(F)F)n1. The monoisotopic (exact) mass is 287 g/mol. The summed E-state index contributed by atoms with van der Waals surface area (Å²) in [6.07, 6.45) is -5.23. The van der Waals surface area contributed by atoms with Gasteiger partial charge in [-0.15, -0.1) is 0 Å². The highest BCUT2D eigenvalue weighted by Crippen LogP contribution is 2.30. The molecule has 0 radical (unpaired) electrons. The van der Waals surface area contributed by atoms with Crippen LogP contribution in [0.5, 0.6) is 0 Å². The Balaban J connectivity index is 2.33. The van der Waals surface area contributed by atoms with E-state index in [-0.39, 0.29) is 24.9 Å². The lowest BCUT2D eigenvalue weighted by atomic mass is 10.2. The Kier molecular flexibility index (Phi) is 3.94. The molecule has 0 aromatic carbocycles. The van der Waals surface area contributed by atoms with Gasteiger partial charge in [0.2, 0.25) is 5.95 Å². The molecule has 0 spiro atoms. The molecule has 1 atom stereocenters. The zero-order chi connectivity index (χ0) is 14.8. The third kappa shape index (κ3) is 3.08. The third-order valence-electron chi connectivity index (χ3n) is 2.76. The van der Waals surface area contributed by atoms with Gasteiger partial charge < -0.3 is 15.0 Å². The van der Waals surface area contributed by atoms with Gasteiger partial charge in [-0.25, -0.2) is 4.98 Å². The maximum absolute atomic E-state index is 12.8. The van der Waals surface area contributed by atoms with Crippen LogP contribution in [0.15, 0.2) is 6.07 Å². The molecule has 1 saturated heterocycles. The summed E-state index contributed by atoms with van der Waals surface area (Å²) in [6, 6.07) is 2.81. The highest BCUT2D eigenvalue weighted by Gasteiger charge is 2.34. The van der Waals surface area contributed by atoms with Crippen LogP contribution in [-0.2, 0) is 10.9 Å². The number of alkyl halides is 3. The predicted octanol–water partition coefficient (Wildman–Crippen LogP) is 1.27. The van der Waals surface area contributed by atoms with E-state index in [1.807, 2.05) is 6.07 Å². The van der Waals surface area contributed by atoms with Crippen molar-refractivity contribution in [3.63, 3.8) is 0 Å². The summed E-state index contributed by atoms with van der Waals surface area (Å²) in [6.45, 7) is 0.808. The van der Waals surface area contributed by atoms with E-state index in [4.69, 9.17) is 10.00 Å². The molecule has 0 saturated carbocycles. The number of ether oxygens (including phenoxy) is 1. The van der Waals surface area contributed by atoms with Crippen molar-refractivity contribution in [1.82, 2.24) is 9.97 Å². The molecule has 1 fully saturated rings. The number of rotatable bonds is 2. The van der Waals surface area contributed by atoms with Crippen molar-refractivity contribution in [2.45, 2.75) is 12.3 Å². The summed E-state index contributed by atoms with van der Waals surface area (Å²) in [7, 11) is 1.44. The van der Waals surface area contributed by atoms with Crippen LogP contribution >= 0.6 is 0 Å². The van der Waals surface area contributed by atoms with Gasteiger partial charge in [-0.2, -0.15) is 23.4 Å². The topological polar surface area (TPSA) is 74.1 Å². The fourth-order valence-corrected chi connectivity index (χ4v) is 1.79. The summed E-state index contributed by atoms with van der Waals surface area (Å²) in [4.78, 5) is 8.96. The van der Waals surface area contributed by atoms with Gasteiger partial charge in [0.1, 0.15) is 5.82 Å². The fraction of sp³-hybridized carbons (Fsp3) is 0.545. The van der Waals surface area contributed by atoms with Crippen LogP contribution in [-0.4, -0.2) is 42.8 Å². The van der Waals surface area contributed by atoms with Crippen molar-refractivity contribution in [1.29, 1.82) is 5.26 Å². The number of hydrogen-bond acceptors (Lipinski definition) is 6. The molecule has 108 valence electrons. The minimum Gasteiger partial charge on any atom is -0.360 e. The van der Waals surface area contributed by atoms with Crippen LogP contribution in [0.4, 0.5) is 24.9 Å². The molecule has 0 bridgehead atoms.